The van der Waals surface area contributed by atoms with Gasteiger partial charge in [0.1, 0.15) is 22.8 Å². The smallest absolute Gasteiger partial charge is 0.414 e. The van der Waals surface area contributed by atoms with Gasteiger partial charge in [-0.1, -0.05) is 38.0 Å². The molecule has 232 valence electrons. The van der Waals surface area contributed by atoms with Crippen molar-refractivity contribution in [3.63, 3.8) is 0 Å². The van der Waals surface area contributed by atoms with Crippen LogP contribution in [0.2, 0.25) is 0 Å². The van der Waals surface area contributed by atoms with Crippen LogP contribution >= 0.6 is 0 Å². The number of ether oxygens (including phenoxy) is 3. The molecule has 5 rings (SSSR count). The molecule has 1 N–H and O–H groups in total. The number of carbonyl (C=O) groups is 3. The Balaban J connectivity index is 1.37. The number of rotatable bonds is 8. The molecule has 42 heavy (non-hydrogen) atoms. The first kappa shape index (κ1) is 30.7. The van der Waals surface area contributed by atoms with Crippen LogP contribution in [-0.4, -0.2) is 47.5 Å². The van der Waals surface area contributed by atoms with Crippen LogP contribution in [0.1, 0.15) is 129 Å². The van der Waals surface area contributed by atoms with E-state index in [1.54, 1.807) is 4.90 Å². The first-order valence-corrected chi connectivity index (χ1v) is 16.3. The molecule has 8 nitrogen and oxygen atoms in total. The minimum absolute atomic E-state index is 0.177. The molecule has 3 fully saturated rings. The Morgan fingerprint density at radius 3 is 2.24 bits per heavy atom. The van der Waals surface area contributed by atoms with Crippen molar-refractivity contribution < 1.29 is 28.6 Å². The number of anilines is 1. The van der Waals surface area contributed by atoms with Crippen molar-refractivity contribution in [3.8, 4) is 0 Å². The number of alkyl carbamates (subject to hydrolysis) is 1. The zero-order valence-electron chi connectivity index (χ0n) is 26.0. The van der Waals surface area contributed by atoms with E-state index in [9.17, 15) is 14.4 Å². The summed E-state index contributed by atoms with van der Waals surface area (Å²) in [7, 11) is 0. The van der Waals surface area contributed by atoms with Gasteiger partial charge in [0.2, 0.25) is 0 Å². The molecule has 4 aliphatic rings. The lowest BCUT2D eigenvalue weighted by atomic mass is 9.84. The molecular weight excluding hydrogens is 532 g/mol. The van der Waals surface area contributed by atoms with Crippen LogP contribution < -0.4 is 10.2 Å². The Bertz CT molecular complexity index is 1130. The Kier molecular flexibility index (Phi) is 9.10. The van der Waals surface area contributed by atoms with Crippen LogP contribution in [0.15, 0.2) is 24.3 Å². The molecule has 0 radical (unpaired) electrons. The fourth-order valence-electron chi connectivity index (χ4n) is 7.89. The zero-order valence-corrected chi connectivity index (χ0v) is 26.0. The Morgan fingerprint density at radius 1 is 0.952 bits per heavy atom. The summed E-state index contributed by atoms with van der Waals surface area (Å²) in [4.78, 5) is 42.3. The van der Waals surface area contributed by atoms with Crippen molar-refractivity contribution in [2.45, 2.75) is 146 Å². The van der Waals surface area contributed by atoms with Gasteiger partial charge in [-0.25, -0.2) is 14.4 Å². The lowest BCUT2D eigenvalue weighted by Crippen LogP contribution is -2.50. The monoisotopic (exact) mass is 582 g/mol. The van der Waals surface area contributed by atoms with Crippen LogP contribution in [0.3, 0.4) is 0 Å². The van der Waals surface area contributed by atoms with Gasteiger partial charge in [0.15, 0.2) is 0 Å². The van der Waals surface area contributed by atoms with E-state index in [0.717, 1.165) is 81.9 Å². The van der Waals surface area contributed by atoms with Crippen molar-refractivity contribution in [1.29, 1.82) is 0 Å². The second-order valence-electron chi connectivity index (χ2n) is 14.1. The van der Waals surface area contributed by atoms with E-state index in [0.29, 0.717) is 18.9 Å². The van der Waals surface area contributed by atoms with Crippen LogP contribution in [0.4, 0.5) is 15.3 Å². The number of nitrogens with zero attached hydrogens (tertiary/aromatic N) is 1. The first-order chi connectivity index (χ1) is 20.0. The van der Waals surface area contributed by atoms with Crippen LogP contribution in [-0.2, 0) is 19.0 Å². The number of fused-ring (bicyclic) bond motifs is 1. The number of hydrogen-bond donors (Lipinski definition) is 1. The van der Waals surface area contributed by atoms with Gasteiger partial charge in [0.25, 0.3) is 0 Å². The number of para-hydroxylation sites is 1. The molecule has 2 unspecified atom stereocenters. The summed E-state index contributed by atoms with van der Waals surface area (Å²) >= 11 is 0. The molecule has 0 bridgehead atoms. The second kappa shape index (κ2) is 12.5. The number of nitrogens with one attached hydrogen (secondary N) is 1. The van der Waals surface area contributed by atoms with Gasteiger partial charge >= 0.3 is 18.2 Å². The molecule has 1 aliphatic heterocycles. The molecule has 2 atom stereocenters. The number of esters is 1. The lowest BCUT2D eigenvalue weighted by Gasteiger charge is -2.37. The van der Waals surface area contributed by atoms with Gasteiger partial charge in [-0.15, -0.1) is 0 Å². The van der Waals surface area contributed by atoms with Gasteiger partial charge < -0.3 is 19.5 Å². The van der Waals surface area contributed by atoms with E-state index in [2.05, 4.69) is 12.2 Å². The molecule has 0 spiro atoms. The summed E-state index contributed by atoms with van der Waals surface area (Å²) in [6.45, 7) is 7.96. The first-order valence-electron chi connectivity index (χ1n) is 16.3. The third-order valence-electron chi connectivity index (χ3n) is 10.1. The van der Waals surface area contributed by atoms with Crippen LogP contribution in [0.25, 0.3) is 0 Å². The largest absolute Gasteiger partial charge is 0.457 e. The normalized spacial score (nSPS) is 23.8. The standard InChI is InChI=1S/C34H50N2O6/c1-5-33(18-10-11-19-33)41-30(38)35-27(29(37)40-34(20-12-13-21-34)25-14-6-7-15-25)22-24-23-36(31(39)42-32(2,3)4)28-17-9-8-16-26(24)28/h8-9,16-17,24-25,27H,5-7,10-15,18-23H2,1-4H3,(H,35,38). The SMILES string of the molecule is CCC1(OC(=O)NC(CC2CN(C(=O)OC(C)(C)C)c3ccccc32)C(=O)OC2(C3CCCC3)CCCC2)CCCC1. The van der Waals surface area contributed by atoms with Gasteiger partial charge in [-0.3, -0.25) is 4.90 Å². The lowest BCUT2D eigenvalue weighted by molar-refractivity contribution is -0.168. The molecule has 2 amide bonds. The Labute approximate surface area is 251 Å². The van der Waals surface area contributed by atoms with E-state index in [-0.39, 0.29) is 11.9 Å². The molecule has 8 heteroatoms. The highest BCUT2D eigenvalue weighted by Crippen LogP contribution is 2.47. The molecule has 1 aromatic carbocycles. The van der Waals surface area contributed by atoms with Gasteiger partial charge in [0, 0.05) is 12.5 Å². The topological polar surface area (TPSA) is 94.2 Å². The minimum Gasteiger partial charge on any atom is -0.457 e. The van der Waals surface area contributed by atoms with Crippen LogP contribution in [0, 0.1) is 5.92 Å². The van der Waals surface area contributed by atoms with E-state index >= 15 is 0 Å². The summed E-state index contributed by atoms with van der Waals surface area (Å²) < 4.78 is 18.2. The second-order valence-corrected chi connectivity index (χ2v) is 14.1. The van der Waals surface area contributed by atoms with E-state index in [4.69, 9.17) is 14.2 Å². The van der Waals surface area contributed by atoms with E-state index < -0.39 is 35.0 Å². The Morgan fingerprint density at radius 2 is 1.60 bits per heavy atom. The Hall–Kier alpha value is -2.77. The maximum absolute atomic E-state index is 14.1. The third-order valence-corrected chi connectivity index (χ3v) is 10.1. The fraction of sp³-hybridized carbons (Fsp3) is 0.735. The van der Waals surface area contributed by atoms with E-state index in [1.165, 1.54) is 12.8 Å². The predicted molar refractivity (Wildman–Crippen MR) is 162 cm³/mol. The van der Waals surface area contributed by atoms with Gasteiger partial charge in [-0.05, 0) is 115 Å². The van der Waals surface area contributed by atoms with Crippen molar-refractivity contribution in [2.24, 2.45) is 5.92 Å². The summed E-state index contributed by atoms with van der Waals surface area (Å²) in [6.07, 6.45) is 12.3. The van der Waals surface area contributed by atoms with Crippen molar-refractivity contribution in [1.82, 2.24) is 5.32 Å². The summed E-state index contributed by atoms with van der Waals surface area (Å²) in [5.74, 6) is -0.177. The highest BCUT2D eigenvalue weighted by Gasteiger charge is 2.48. The maximum atomic E-state index is 14.1. The summed E-state index contributed by atoms with van der Waals surface area (Å²) in [6, 6.07) is 6.86. The van der Waals surface area contributed by atoms with Crippen LogP contribution in [0.5, 0.6) is 0 Å². The molecule has 0 aromatic heterocycles. The molecule has 1 aromatic rings. The number of benzene rings is 1. The number of amides is 2. The minimum atomic E-state index is -0.886. The van der Waals surface area contributed by atoms with E-state index in [1.807, 2.05) is 45.0 Å². The number of hydrogen-bond acceptors (Lipinski definition) is 6. The fourth-order valence-corrected chi connectivity index (χ4v) is 7.89. The zero-order chi connectivity index (χ0) is 30.0. The summed E-state index contributed by atoms with van der Waals surface area (Å²) in [5, 5.41) is 2.95. The predicted octanol–water partition coefficient (Wildman–Crippen LogP) is 7.78. The quantitative estimate of drug-likeness (QED) is 0.248. The highest BCUT2D eigenvalue weighted by molar-refractivity contribution is 5.91. The average molecular weight is 583 g/mol. The maximum Gasteiger partial charge on any atom is 0.414 e. The molecular formula is C34H50N2O6. The third kappa shape index (κ3) is 6.73. The molecule has 3 saturated carbocycles. The van der Waals surface area contributed by atoms with Gasteiger partial charge in [0.05, 0.1) is 5.69 Å². The molecule has 3 aliphatic carbocycles. The highest BCUT2D eigenvalue weighted by atomic mass is 16.6. The van der Waals surface area contributed by atoms with Gasteiger partial charge in [-0.2, -0.15) is 0 Å². The van der Waals surface area contributed by atoms with Crippen molar-refractivity contribution >= 4 is 23.8 Å². The van der Waals surface area contributed by atoms with Crippen molar-refractivity contribution in [3.05, 3.63) is 29.8 Å². The summed E-state index contributed by atoms with van der Waals surface area (Å²) in [5.41, 5.74) is 0.197. The number of carbonyl (C=O) groups excluding carboxylic acids is 3. The molecule has 1 heterocycles. The average Bonchev–Trinajstić information content (AvgIpc) is 3.75. The van der Waals surface area contributed by atoms with Crippen molar-refractivity contribution in [2.75, 3.05) is 11.4 Å². The molecule has 0 saturated heterocycles.